The fourth-order valence-corrected chi connectivity index (χ4v) is 3.52. The number of aliphatic hydroxyl groups excluding tert-OH is 1. The predicted octanol–water partition coefficient (Wildman–Crippen LogP) is 2.18. The van der Waals surface area contributed by atoms with E-state index in [2.05, 4.69) is 5.32 Å². The number of aliphatic carboxylic acids is 1. The molecule has 12 heteroatoms. The number of hydrogen-bond donors (Lipinski definition) is 3. The molecule has 0 aliphatic carbocycles. The predicted molar refractivity (Wildman–Crippen MR) is 139 cm³/mol. The zero-order valence-corrected chi connectivity index (χ0v) is 24.2. The van der Waals surface area contributed by atoms with E-state index < -0.39 is 78.4 Å². The zero-order valence-electron chi connectivity index (χ0n) is 24.2. The monoisotopic (exact) mass is 559 g/mol. The summed E-state index contributed by atoms with van der Waals surface area (Å²) in [6, 6.07) is -1.07. The van der Waals surface area contributed by atoms with Crippen molar-refractivity contribution in [2.24, 2.45) is 17.8 Å². The largest absolute Gasteiger partial charge is 0.481 e. The molecule has 3 N–H and O–H groups in total. The molecule has 0 aliphatic heterocycles. The fraction of sp³-hybridized carbons (Fsp3) is 0.778. The number of hydrogen-bond acceptors (Lipinski definition) is 10. The van der Waals surface area contributed by atoms with Gasteiger partial charge in [-0.15, -0.1) is 0 Å². The van der Waals surface area contributed by atoms with Gasteiger partial charge in [0.05, 0.1) is 12.5 Å². The number of carbonyl (C=O) groups is 6. The van der Waals surface area contributed by atoms with E-state index in [1.807, 2.05) is 27.7 Å². The number of carbonyl (C=O) groups excluding carboxylic acids is 5. The molecular weight excluding hydrogens is 514 g/mol. The number of carboxylic acid groups (broad SMARTS) is 1. The second-order valence-electron chi connectivity index (χ2n) is 10.7. The average molecular weight is 560 g/mol. The van der Waals surface area contributed by atoms with Gasteiger partial charge < -0.3 is 29.7 Å². The minimum Gasteiger partial charge on any atom is -0.481 e. The number of ether oxygens (including phenoxy) is 3. The molecule has 12 nitrogen and oxygen atoms in total. The summed E-state index contributed by atoms with van der Waals surface area (Å²) in [4.78, 5) is 73.2. The van der Waals surface area contributed by atoms with Gasteiger partial charge in [0.2, 0.25) is 0 Å². The van der Waals surface area contributed by atoms with E-state index in [4.69, 9.17) is 19.3 Å². The van der Waals surface area contributed by atoms with Crippen LogP contribution in [0.2, 0.25) is 0 Å². The number of nitrogens with one attached hydrogen (secondary N) is 1. The summed E-state index contributed by atoms with van der Waals surface area (Å²) < 4.78 is 15.5. The van der Waals surface area contributed by atoms with Gasteiger partial charge >= 0.3 is 23.9 Å². The summed E-state index contributed by atoms with van der Waals surface area (Å²) in [5.74, 6) is -5.92. The van der Waals surface area contributed by atoms with E-state index in [-0.39, 0.29) is 31.1 Å². The van der Waals surface area contributed by atoms with Gasteiger partial charge in [-0.3, -0.25) is 19.2 Å². The molecule has 0 bridgehead atoms. The van der Waals surface area contributed by atoms with E-state index in [1.165, 1.54) is 13.8 Å². The van der Waals surface area contributed by atoms with Crippen LogP contribution in [-0.4, -0.2) is 76.2 Å². The number of rotatable bonds is 18. The zero-order chi connectivity index (χ0) is 30.4. The van der Waals surface area contributed by atoms with E-state index in [0.717, 1.165) is 0 Å². The second kappa shape index (κ2) is 17.5. The van der Waals surface area contributed by atoms with Gasteiger partial charge in [0.15, 0.2) is 24.1 Å². The van der Waals surface area contributed by atoms with Crippen LogP contribution in [0.1, 0.15) is 87.5 Å². The van der Waals surface area contributed by atoms with Crippen molar-refractivity contribution in [1.29, 1.82) is 0 Å². The minimum atomic E-state index is -1.40. The highest BCUT2D eigenvalue weighted by Gasteiger charge is 2.34. The summed E-state index contributed by atoms with van der Waals surface area (Å²) in [5, 5.41) is 21.3. The molecule has 0 spiro atoms. The molecule has 0 aromatic heterocycles. The van der Waals surface area contributed by atoms with Crippen molar-refractivity contribution in [2.75, 3.05) is 0 Å². The van der Waals surface area contributed by atoms with Crippen LogP contribution in [0.3, 0.4) is 0 Å². The van der Waals surface area contributed by atoms with Crippen LogP contribution in [0, 0.1) is 17.8 Å². The van der Waals surface area contributed by atoms with Crippen molar-refractivity contribution < 1.29 is 53.2 Å². The van der Waals surface area contributed by atoms with Crippen LogP contribution in [0.4, 0.5) is 0 Å². The molecule has 0 rings (SSSR count). The van der Waals surface area contributed by atoms with E-state index in [0.29, 0.717) is 6.42 Å². The highest BCUT2D eigenvalue weighted by molar-refractivity contribution is 6.00. The molecule has 224 valence electrons. The molecule has 0 saturated carbocycles. The van der Waals surface area contributed by atoms with E-state index in [1.54, 1.807) is 13.8 Å². The Labute approximate surface area is 230 Å². The molecule has 6 atom stereocenters. The Morgan fingerprint density at radius 3 is 1.85 bits per heavy atom. The third kappa shape index (κ3) is 14.6. The summed E-state index contributed by atoms with van der Waals surface area (Å²) in [6.45, 7) is 13.4. The first kappa shape index (κ1) is 36.0. The van der Waals surface area contributed by atoms with Gasteiger partial charge in [-0.05, 0) is 44.9 Å². The maximum Gasteiger partial charge on any atom is 0.347 e. The molecule has 1 amide bonds. The molecule has 0 fully saturated rings. The highest BCUT2D eigenvalue weighted by atomic mass is 16.6. The highest BCUT2D eigenvalue weighted by Crippen LogP contribution is 2.16. The lowest BCUT2D eigenvalue weighted by Gasteiger charge is -2.27. The first-order valence-corrected chi connectivity index (χ1v) is 13.3. The first-order valence-electron chi connectivity index (χ1n) is 13.3. The van der Waals surface area contributed by atoms with Crippen molar-refractivity contribution in [3.05, 3.63) is 0 Å². The van der Waals surface area contributed by atoms with Crippen LogP contribution >= 0.6 is 0 Å². The summed E-state index contributed by atoms with van der Waals surface area (Å²) >= 11 is 0. The Balaban J connectivity index is 5.21. The van der Waals surface area contributed by atoms with Crippen molar-refractivity contribution in [3.8, 4) is 0 Å². The number of esters is 3. The summed E-state index contributed by atoms with van der Waals surface area (Å²) in [5.41, 5.74) is 0. The van der Waals surface area contributed by atoms with Crippen LogP contribution in [0.25, 0.3) is 0 Å². The lowest BCUT2D eigenvalue weighted by atomic mass is 9.96. The van der Waals surface area contributed by atoms with E-state index >= 15 is 0 Å². The smallest absolute Gasteiger partial charge is 0.347 e. The Hall–Kier alpha value is -3.02. The number of Topliss-reactive ketones (excluding diaryl/α,β-unsaturated/α-hetero) is 1. The van der Waals surface area contributed by atoms with Gasteiger partial charge in [0.25, 0.3) is 5.91 Å². The Morgan fingerprint density at radius 2 is 1.36 bits per heavy atom. The molecule has 0 heterocycles. The normalized spacial score (nSPS) is 15.9. The third-order valence-electron chi connectivity index (χ3n) is 5.78. The van der Waals surface area contributed by atoms with Gasteiger partial charge in [0, 0.05) is 5.92 Å². The number of ketones is 1. The van der Waals surface area contributed by atoms with Crippen LogP contribution in [0.5, 0.6) is 0 Å². The topological polar surface area (TPSA) is 183 Å². The fourth-order valence-electron chi connectivity index (χ4n) is 3.52. The molecular formula is C27H45NO11. The average Bonchev–Trinajstić information content (AvgIpc) is 2.79. The minimum absolute atomic E-state index is 0.0304. The SMILES string of the molecule is CCC(C)[C@H](OC(=O)[C@H](C)OC(=O)C[C@@H](C)OC(=O)[C@H](O)CC(C)C)C(=O)N[C@@H](CC(C)C)C(=O)CC(=O)O. The number of carboxylic acids is 1. The Bertz CT molecular complexity index is 855. The third-order valence-corrected chi connectivity index (χ3v) is 5.78. The summed E-state index contributed by atoms with van der Waals surface area (Å²) in [6.07, 6.45) is -5.26. The Kier molecular flexibility index (Phi) is 16.2. The van der Waals surface area contributed by atoms with Gasteiger partial charge in [-0.25, -0.2) is 9.59 Å². The lowest BCUT2D eigenvalue weighted by molar-refractivity contribution is -0.176. The first-order chi connectivity index (χ1) is 18.0. The Morgan fingerprint density at radius 1 is 0.795 bits per heavy atom. The van der Waals surface area contributed by atoms with Crippen molar-refractivity contribution >= 4 is 35.6 Å². The second-order valence-corrected chi connectivity index (χ2v) is 10.7. The van der Waals surface area contributed by atoms with Crippen LogP contribution in [-0.2, 0) is 43.0 Å². The number of aliphatic hydroxyl groups is 1. The maximum absolute atomic E-state index is 13.0. The maximum atomic E-state index is 13.0. The standard InChI is InChI=1S/C27H45NO11/c1-9-16(6)24(25(34)28-19(10-14(2)3)20(29)13-22(31)32)39-26(35)18(8)38-23(33)12-17(7)37-27(36)21(30)11-15(4)5/h14-19,21,24,30H,9-13H2,1-8H3,(H,28,34)(H,31,32)/t16?,17-,18+,19+,21-,24+/m1/s1. The van der Waals surface area contributed by atoms with Gasteiger partial charge in [-0.2, -0.15) is 0 Å². The van der Waals surface area contributed by atoms with Crippen LogP contribution < -0.4 is 5.32 Å². The van der Waals surface area contributed by atoms with Gasteiger partial charge in [0.1, 0.15) is 12.5 Å². The summed E-state index contributed by atoms with van der Waals surface area (Å²) in [7, 11) is 0. The molecule has 0 saturated heterocycles. The van der Waals surface area contributed by atoms with Crippen molar-refractivity contribution in [1.82, 2.24) is 5.32 Å². The molecule has 0 aromatic carbocycles. The molecule has 0 aliphatic rings. The molecule has 39 heavy (non-hydrogen) atoms. The van der Waals surface area contributed by atoms with Crippen molar-refractivity contribution in [2.45, 2.75) is 118 Å². The molecule has 0 aromatic rings. The van der Waals surface area contributed by atoms with E-state index in [9.17, 15) is 33.9 Å². The quantitative estimate of drug-likeness (QED) is 0.127. The molecule has 1 unspecified atom stereocenters. The number of amides is 1. The van der Waals surface area contributed by atoms with Gasteiger partial charge in [-0.1, -0.05) is 41.5 Å². The molecule has 0 radical (unpaired) electrons. The lowest BCUT2D eigenvalue weighted by Crippen LogP contribution is -2.50. The van der Waals surface area contributed by atoms with Crippen LogP contribution in [0.15, 0.2) is 0 Å². The van der Waals surface area contributed by atoms with Crippen molar-refractivity contribution in [3.63, 3.8) is 0 Å².